The number of hydrogen-bond donors (Lipinski definition) is 2. The van der Waals surface area contributed by atoms with Crippen LogP contribution >= 0.6 is 11.6 Å². The average Bonchev–Trinajstić information content (AvgIpc) is 2.46. The molecule has 1 atom stereocenters. The van der Waals surface area contributed by atoms with Crippen LogP contribution < -0.4 is 10.0 Å². The molecular weight excluding hydrogens is 330 g/mol. The van der Waals surface area contributed by atoms with Crippen LogP contribution in [0.25, 0.3) is 0 Å². The van der Waals surface area contributed by atoms with E-state index in [1.165, 1.54) is 6.07 Å². The number of nitro groups is 1. The molecule has 0 saturated carbocycles. The van der Waals surface area contributed by atoms with E-state index < -0.39 is 20.6 Å². The molecule has 0 aromatic heterocycles. The van der Waals surface area contributed by atoms with E-state index >= 15 is 0 Å². The van der Waals surface area contributed by atoms with Crippen molar-refractivity contribution in [3.8, 4) is 0 Å². The maximum absolute atomic E-state index is 12.4. The Labute approximate surface area is 134 Å². The van der Waals surface area contributed by atoms with Crippen molar-refractivity contribution < 1.29 is 13.3 Å². The first-order valence-electron chi connectivity index (χ1n) is 6.88. The fraction of sp³-hybridized carbons (Fsp3) is 0.538. The zero-order chi connectivity index (χ0) is 16.4. The fourth-order valence-electron chi connectivity index (χ4n) is 2.48. The number of rotatable bonds is 5. The van der Waals surface area contributed by atoms with Crippen LogP contribution in [-0.4, -0.2) is 33.0 Å². The minimum Gasteiger partial charge on any atom is -0.316 e. The molecule has 1 fully saturated rings. The number of nitrogens with one attached hydrogen (secondary N) is 2. The van der Waals surface area contributed by atoms with Crippen molar-refractivity contribution in [1.29, 1.82) is 0 Å². The Balaban J connectivity index is 2.22. The van der Waals surface area contributed by atoms with Gasteiger partial charge in [0, 0.05) is 24.2 Å². The van der Waals surface area contributed by atoms with Gasteiger partial charge in [0.2, 0.25) is 10.0 Å². The number of nitro benzene ring substituents is 1. The summed E-state index contributed by atoms with van der Waals surface area (Å²) in [7, 11) is -3.97. The van der Waals surface area contributed by atoms with Crippen molar-refractivity contribution in [3.63, 3.8) is 0 Å². The molecule has 0 radical (unpaired) electrons. The van der Waals surface area contributed by atoms with E-state index in [-0.39, 0.29) is 21.9 Å². The number of sulfonamides is 1. The molecule has 0 amide bonds. The van der Waals surface area contributed by atoms with E-state index in [9.17, 15) is 18.5 Å². The number of piperidine rings is 1. The highest BCUT2D eigenvalue weighted by Gasteiger charge is 2.31. The summed E-state index contributed by atoms with van der Waals surface area (Å²) in [6.07, 6.45) is 1.87. The van der Waals surface area contributed by atoms with Gasteiger partial charge in [0.15, 0.2) is 4.90 Å². The highest BCUT2D eigenvalue weighted by atomic mass is 35.5. The first-order valence-corrected chi connectivity index (χ1v) is 8.74. The van der Waals surface area contributed by atoms with E-state index in [4.69, 9.17) is 11.6 Å². The largest absolute Gasteiger partial charge is 0.316 e. The zero-order valence-corrected chi connectivity index (χ0v) is 13.7. The molecule has 0 bridgehead atoms. The van der Waals surface area contributed by atoms with Gasteiger partial charge in [-0.05, 0) is 36.9 Å². The SMILES string of the molecule is CC1(CNS(=O)(=O)c2ccc(Cl)cc2[N+](=O)[O-])CCCNC1. The lowest BCUT2D eigenvalue weighted by Gasteiger charge is -2.34. The van der Waals surface area contributed by atoms with Crippen LogP contribution in [0.1, 0.15) is 19.8 Å². The van der Waals surface area contributed by atoms with Gasteiger partial charge < -0.3 is 5.32 Å². The molecule has 1 aliphatic heterocycles. The van der Waals surface area contributed by atoms with Crippen molar-refractivity contribution in [1.82, 2.24) is 10.0 Å². The van der Waals surface area contributed by atoms with Gasteiger partial charge >= 0.3 is 0 Å². The van der Waals surface area contributed by atoms with Gasteiger partial charge in [-0.25, -0.2) is 13.1 Å². The molecule has 2 rings (SSSR count). The van der Waals surface area contributed by atoms with Crippen LogP contribution in [0.5, 0.6) is 0 Å². The van der Waals surface area contributed by atoms with Crippen molar-refractivity contribution in [2.24, 2.45) is 5.41 Å². The van der Waals surface area contributed by atoms with E-state index in [1.54, 1.807) is 0 Å². The van der Waals surface area contributed by atoms with Crippen molar-refractivity contribution in [2.75, 3.05) is 19.6 Å². The Morgan fingerprint density at radius 2 is 2.23 bits per heavy atom. The van der Waals surface area contributed by atoms with Crippen LogP contribution in [0, 0.1) is 15.5 Å². The van der Waals surface area contributed by atoms with Gasteiger partial charge in [-0.1, -0.05) is 18.5 Å². The van der Waals surface area contributed by atoms with Crippen LogP contribution in [0.15, 0.2) is 23.1 Å². The van der Waals surface area contributed by atoms with Crippen LogP contribution in [-0.2, 0) is 10.0 Å². The maximum Gasteiger partial charge on any atom is 0.290 e. The lowest BCUT2D eigenvalue weighted by Crippen LogP contribution is -2.45. The van der Waals surface area contributed by atoms with Crippen molar-refractivity contribution in [2.45, 2.75) is 24.7 Å². The molecule has 9 heteroatoms. The van der Waals surface area contributed by atoms with Crippen molar-refractivity contribution >= 4 is 27.3 Å². The Hall–Kier alpha value is -1.22. The van der Waals surface area contributed by atoms with Gasteiger partial charge in [-0.2, -0.15) is 0 Å². The highest BCUT2D eigenvalue weighted by Crippen LogP contribution is 2.29. The zero-order valence-electron chi connectivity index (χ0n) is 12.1. The molecule has 122 valence electrons. The molecule has 1 aliphatic rings. The molecule has 1 saturated heterocycles. The maximum atomic E-state index is 12.4. The first-order chi connectivity index (χ1) is 10.2. The molecule has 1 heterocycles. The lowest BCUT2D eigenvalue weighted by molar-refractivity contribution is -0.387. The number of hydrogen-bond acceptors (Lipinski definition) is 5. The topological polar surface area (TPSA) is 101 Å². The predicted octanol–water partition coefficient (Wildman–Crippen LogP) is 1.92. The Morgan fingerprint density at radius 3 is 2.82 bits per heavy atom. The number of halogens is 1. The van der Waals surface area contributed by atoms with Gasteiger partial charge in [-0.15, -0.1) is 0 Å². The molecule has 1 unspecified atom stereocenters. The van der Waals surface area contributed by atoms with Crippen LogP contribution in [0.2, 0.25) is 5.02 Å². The second-order valence-corrected chi connectivity index (χ2v) is 7.96. The van der Waals surface area contributed by atoms with E-state index in [0.717, 1.165) is 31.5 Å². The molecule has 2 N–H and O–H groups in total. The smallest absolute Gasteiger partial charge is 0.290 e. The molecule has 1 aromatic carbocycles. The average molecular weight is 348 g/mol. The Morgan fingerprint density at radius 1 is 1.50 bits per heavy atom. The fourth-order valence-corrected chi connectivity index (χ4v) is 3.99. The monoisotopic (exact) mass is 347 g/mol. The van der Waals surface area contributed by atoms with Gasteiger partial charge in [0.05, 0.1) is 4.92 Å². The molecule has 0 spiro atoms. The van der Waals surface area contributed by atoms with E-state index in [0.29, 0.717) is 6.54 Å². The van der Waals surface area contributed by atoms with E-state index in [2.05, 4.69) is 10.0 Å². The van der Waals surface area contributed by atoms with Gasteiger partial charge in [-0.3, -0.25) is 10.1 Å². The summed E-state index contributed by atoms with van der Waals surface area (Å²) in [5.41, 5.74) is -0.723. The number of benzene rings is 1. The summed E-state index contributed by atoms with van der Waals surface area (Å²) in [5.74, 6) is 0. The minimum atomic E-state index is -3.97. The highest BCUT2D eigenvalue weighted by molar-refractivity contribution is 7.89. The second kappa shape index (κ2) is 6.49. The minimum absolute atomic E-state index is 0.120. The second-order valence-electron chi connectivity index (χ2n) is 5.78. The third kappa shape index (κ3) is 3.95. The third-order valence-corrected chi connectivity index (χ3v) is 5.47. The van der Waals surface area contributed by atoms with E-state index in [1.807, 2.05) is 6.92 Å². The quantitative estimate of drug-likeness (QED) is 0.626. The lowest BCUT2D eigenvalue weighted by atomic mass is 9.83. The molecule has 22 heavy (non-hydrogen) atoms. The van der Waals surface area contributed by atoms with Gasteiger partial charge in [0.25, 0.3) is 5.69 Å². The van der Waals surface area contributed by atoms with Gasteiger partial charge in [0.1, 0.15) is 0 Å². The van der Waals surface area contributed by atoms with Crippen LogP contribution in [0.3, 0.4) is 0 Å². The molecule has 1 aromatic rings. The third-order valence-electron chi connectivity index (χ3n) is 3.78. The predicted molar refractivity (Wildman–Crippen MR) is 83.5 cm³/mol. The summed E-state index contributed by atoms with van der Waals surface area (Å²) >= 11 is 5.70. The summed E-state index contributed by atoms with van der Waals surface area (Å²) in [4.78, 5) is 9.92. The van der Waals surface area contributed by atoms with Crippen molar-refractivity contribution in [3.05, 3.63) is 33.3 Å². The first kappa shape index (κ1) is 17.1. The molecule has 7 nitrogen and oxygen atoms in total. The summed E-state index contributed by atoms with van der Waals surface area (Å²) in [6, 6.07) is 3.53. The summed E-state index contributed by atoms with van der Waals surface area (Å²) in [5, 5.41) is 14.4. The normalized spacial score (nSPS) is 22.5. The summed E-state index contributed by atoms with van der Waals surface area (Å²) < 4.78 is 27.2. The Kier molecular flexibility index (Phi) is 5.06. The van der Waals surface area contributed by atoms with Crippen LogP contribution in [0.4, 0.5) is 5.69 Å². The Bertz CT molecular complexity index is 672. The number of nitrogens with zero attached hydrogens (tertiary/aromatic N) is 1. The standard InChI is InChI=1S/C13H18ClN3O4S/c1-13(5-2-6-15-8-13)9-16-22(20,21)12-4-3-10(14)7-11(12)17(18)19/h3-4,7,15-16H,2,5-6,8-9H2,1H3. The molecular formula is C13H18ClN3O4S. The molecule has 0 aliphatic carbocycles. The summed E-state index contributed by atoms with van der Waals surface area (Å²) in [6.45, 7) is 3.84.